The Bertz CT molecular complexity index is 1750. The van der Waals surface area contributed by atoms with Crippen LogP contribution in [0.4, 0.5) is 0 Å². The Labute approximate surface area is 537 Å². The average molecular weight is 1300 g/mol. The van der Waals surface area contributed by atoms with Crippen LogP contribution in [0, 0.1) is 23.7 Å². The number of carbonyl (C=O) groups excluding carboxylic acids is 4. The summed E-state index contributed by atoms with van der Waals surface area (Å²) in [6.07, 6.45) is 40.4. The van der Waals surface area contributed by atoms with Crippen molar-refractivity contribution in [2.24, 2.45) is 23.7 Å². The first-order valence-corrected chi connectivity index (χ1v) is 38.7. The first-order chi connectivity index (χ1) is 42.1. The van der Waals surface area contributed by atoms with Gasteiger partial charge in [0.15, 0.2) is 12.2 Å². The lowest BCUT2D eigenvalue weighted by Gasteiger charge is -2.21. The van der Waals surface area contributed by atoms with Crippen LogP contribution in [-0.4, -0.2) is 96.7 Å². The Morgan fingerprint density at radius 3 is 0.807 bits per heavy atom. The van der Waals surface area contributed by atoms with Gasteiger partial charge in [-0.15, -0.1) is 0 Å². The summed E-state index contributed by atoms with van der Waals surface area (Å²) >= 11 is 0. The molecule has 0 aliphatic rings. The second-order valence-electron chi connectivity index (χ2n) is 26.6. The maximum Gasteiger partial charge on any atom is 0.472 e. The summed E-state index contributed by atoms with van der Waals surface area (Å²) in [6.45, 7) is 14.0. The summed E-state index contributed by atoms with van der Waals surface area (Å²) in [5, 5.41) is 10.6. The predicted octanol–water partition coefficient (Wildman–Crippen LogP) is 19.3. The molecule has 0 aromatic carbocycles. The third-order valence-electron chi connectivity index (χ3n) is 16.2. The van der Waals surface area contributed by atoms with E-state index in [2.05, 4.69) is 55.4 Å². The Morgan fingerprint density at radius 2 is 0.545 bits per heavy atom. The number of phosphoric ester groups is 2. The van der Waals surface area contributed by atoms with Crippen LogP contribution in [-0.2, 0) is 65.4 Å². The van der Waals surface area contributed by atoms with Crippen molar-refractivity contribution in [3.63, 3.8) is 0 Å². The minimum Gasteiger partial charge on any atom is -0.462 e. The van der Waals surface area contributed by atoms with Gasteiger partial charge in [0.2, 0.25) is 0 Å². The van der Waals surface area contributed by atoms with Gasteiger partial charge in [-0.2, -0.15) is 0 Å². The molecule has 0 aromatic heterocycles. The number of aliphatic hydroxyl groups excluding tert-OH is 1. The van der Waals surface area contributed by atoms with Crippen molar-refractivity contribution in [3.05, 3.63) is 0 Å². The molecule has 0 radical (unpaired) electrons. The van der Waals surface area contributed by atoms with Gasteiger partial charge >= 0.3 is 39.5 Å². The number of hydrogen-bond acceptors (Lipinski definition) is 15. The maximum absolute atomic E-state index is 13.0. The molecule has 0 saturated carbocycles. The van der Waals surface area contributed by atoms with E-state index >= 15 is 0 Å². The molecule has 0 spiro atoms. The van der Waals surface area contributed by atoms with Gasteiger partial charge in [-0.3, -0.25) is 37.3 Å². The van der Waals surface area contributed by atoms with E-state index in [1.165, 1.54) is 135 Å². The van der Waals surface area contributed by atoms with Crippen LogP contribution in [0.15, 0.2) is 0 Å². The SMILES string of the molecule is CCC(C)CCCCCCCCC(=O)OC[C@H](COP(=O)(O)OC[C@H](O)COP(=O)(O)OC[C@@H](COC(=O)CCCCCCCCCCCCCCCC(C)C)OC(=O)CCCCCCCCCCC(C)C)OC(=O)CCCCCCCCCCC(C)C. The van der Waals surface area contributed by atoms with Gasteiger partial charge in [0, 0.05) is 25.7 Å². The van der Waals surface area contributed by atoms with E-state index in [1.807, 2.05) is 0 Å². The molecule has 0 saturated heterocycles. The molecule has 3 unspecified atom stereocenters. The second-order valence-corrected chi connectivity index (χ2v) is 29.5. The van der Waals surface area contributed by atoms with Crippen LogP contribution >= 0.6 is 15.6 Å². The molecule has 0 bridgehead atoms. The third kappa shape index (κ3) is 61.6. The Balaban J connectivity index is 5.23. The number of aliphatic hydroxyl groups is 1. The molecule has 0 amide bonds. The summed E-state index contributed by atoms with van der Waals surface area (Å²) in [6, 6.07) is 0. The minimum atomic E-state index is -4.95. The molecule has 6 atom stereocenters. The number of rotatable bonds is 66. The number of esters is 4. The fourth-order valence-electron chi connectivity index (χ4n) is 10.3. The lowest BCUT2D eigenvalue weighted by molar-refractivity contribution is -0.161. The number of hydrogen-bond donors (Lipinski definition) is 3. The number of ether oxygens (including phenoxy) is 4. The largest absolute Gasteiger partial charge is 0.472 e. The summed E-state index contributed by atoms with van der Waals surface area (Å²) in [7, 11) is -9.90. The van der Waals surface area contributed by atoms with E-state index in [0.717, 1.165) is 120 Å². The molecule has 0 aliphatic heterocycles. The molecule has 0 fully saturated rings. The first kappa shape index (κ1) is 86.1. The molecule has 0 rings (SSSR count). The number of carbonyl (C=O) groups is 4. The van der Waals surface area contributed by atoms with Gasteiger partial charge in [0.1, 0.15) is 19.3 Å². The van der Waals surface area contributed by atoms with E-state index in [4.69, 9.17) is 37.0 Å². The van der Waals surface area contributed by atoms with Crippen molar-refractivity contribution in [3.8, 4) is 0 Å². The molecule has 3 N–H and O–H groups in total. The van der Waals surface area contributed by atoms with Gasteiger partial charge in [-0.25, -0.2) is 9.13 Å². The highest BCUT2D eigenvalue weighted by Gasteiger charge is 2.30. The molecule has 88 heavy (non-hydrogen) atoms. The summed E-state index contributed by atoms with van der Waals surface area (Å²) in [5.74, 6) is 0.824. The van der Waals surface area contributed by atoms with Crippen LogP contribution in [0.2, 0.25) is 0 Å². The summed E-state index contributed by atoms with van der Waals surface area (Å²) in [5.41, 5.74) is 0. The second kappa shape index (κ2) is 58.8. The zero-order valence-electron chi connectivity index (χ0n) is 57.3. The first-order valence-electron chi connectivity index (χ1n) is 35.7. The molecular weight excluding hydrogens is 1160 g/mol. The molecule has 0 aliphatic carbocycles. The monoisotopic (exact) mass is 1300 g/mol. The van der Waals surface area contributed by atoms with Crippen molar-refractivity contribution < 1.29 is 80.2 Å². The topological polar surface area (TPSA) is 237 Å². The van der Waals surface area contributed by atoms with Crippen LogP contribution in [0.5, 0.6) is 0 Å². The van der Waals surface area contributed by atoms with E-state index in [1.54, 1.807) is 0 Å². The molecule has 0 aromatic rings. The van der Waals surface area contributed by atoms with E-state index in [0.29, 0.717) is 25.7 Å². The van der Waals surface area contributed by atoms with Crippen LogP contribution in [0.3, 0.4) is 0 Å². The molecule has 522 valence electrons. The van der Waals surface area contributed by atoms with Crippen molar-refractivity contribution in [2.45, 2.75) is 356 Å². The smallest absolute Gasteiger partial charge is 0.462 e. The van der Waals surface area contributed by atoms with Crippen molar-refractivity contribution in [2.75, 3.05) is 39.6 Å². The lowest BCUT2D eigenvalue weighted by Crippen LogP contribution is -2.30. The molecule has 19 heteroatoms. The summed E-state index contributed by atoms with van der Waals surface area (Å²) in [4.78, 5) is 72.5. The molecular formula is C69H134O17P2. The molecule has 0 heterocycles. The van der Waals surface area contributed by atoms with Gasteiger partial charge in [-0.05, 0) is 49.4 Å². The Hall–Kier alpha value is -1.94. The van der Waals surface area contributed by atoms with Gasteiger partial charge < -0.3 is 33.8 Å². The zero-order chi connectivity index (χ0) is 65.4. The highest BCUT2D eigenvalue weighted by molar-refractivity contribution is 7.47. The zero-order valence-corrected chi connectivity index (χ0v) is 59.1. The van der Waals surface area contributed by atoms with E-state index < -0.39 is 97.5 Å². The van der Waals surface area contributed by atoms with Crippen molar-refractivity contribution in [1.29, 1.82) is 0 Å². The van der Waals surface area contributed by atoms with Gasteiger partial charge in [0.05, 0.1) is 26.4 Å². The highest BCUT2D eigenvalue weighted by atomic mass is 31.2. The Morgan fingerprint density at radius 1 is 0.318 bits per heavy atom. The quantitative estimate of drug-likeness (QED) is 0.0222. The highest BCUT2D eigenvalue weighted by Crippen LogP contribution is 2.45. The normalized spacial score (nSPS) is 14.6. The van der Waals surface area contributed by atoms with Gasteiger partial charge in [-0.1, -0.05) is 287 Å². The van der Waals surface area contributed by atoms with Crippen LogP contribution in [0.1, 0.15) is 338 Å². The minimum absolute atomic E-state index is 0.103. The van der Waals surface area contributed by atoms with Crippen molar-refractivity contribution >= 4 is 39.5 Å². The molecule has 17 nitrogen and oxygen atoms in total. The van der Waals surface area contributed by atoms with E-state index in [9.17, 15) is 43.2 Å². The van der Waals surface area contributed by atoms with Crippen LogP contribution < -0.4 is 0 Å². The lowest BCUT2D eigenvalue weighted by atomic mass is 10.00. The fraction of sp³-hybridized carbons (Fsp3) is 0.942. The van der Waals surface area contributed by atoms with Gasteiger partial charge in [0.25, 0.3) is 0 Å². The Kier molecular flexibility index (Phi) is 57.6. The fourth-order valence-corrected chi connectivity index (χ4v) is 11.9. The van der Waals surface area contributed by atoms with Crippen molar-refractivity contribution in [1.82, 2.24) is 0 Å². The number of unbranched alkanes of at least 4 members (excludes halogenated alkanes) is 31. The maximum atomic E-state index is 13.0. The number of phosphoric acid groups is 2. The predicted molar refractivity (Wildman–Crippen MR) is 354 cm³/mol. The van der Waals surface area contributed by atoms with E-state index in [-0.39, 0.29) is 25.7 Å². The average Bonchev–Trinajstić information content (AvgIpc) is 3.58. The summed E-state index contributed by atoms with van der Waals surface area (Å²) < 4.78 is 68.2. The third-order valence-corrected chi connectivity index (χ3v) is 18.1. The standard InChI is InChI=1S/C69H134O17P2/c1-9-62(8)48-40-32-27-28-34-42-50-67(72)80-56-65(86-69(74)52-44-36-26-20-18-23-31-39-47-61(6)7)58-84-88(77,78)82-54-63(70)53-81-87(75,76)83-57-64(85-68(73)51-43-35-25-19-17-22-30-38-46-60(4)5)55-79-66(71)49-41-33-24-16-14-12-10-11-13-15-21-29-37-45-59(2)3/h59-65,70H,9-58H2,1-8H3,(H,75,76)(H,77,78)/t62?,63-,64-,65-/m1/s1. The van der Waals surface area contributed by atoms with Crippen LogP contribution in [0.25, 0.3) is 0 Å².